The molecule has 2 atom stereocenters. The Balaban J connectivity index is 0.00000342. The van der Waals surface area contributed by atoms with E-state index in [0.29, 0.717) is 18.5 Å². The summed E-state index contributed by atoms with van der Waals surface area (Å²) in [5, 5.41) is 19.0. The van der Waals surface area contributed by atoms with Crippen molar-refractivity contribution in [1.82, 2.24) is 9.78 Å². The minimum Gasteiger partial charge on any atom is -1.00 e. The van der Waals surface area contributed by atoms with E-state index in [-0.39, 0.29) is 24.0 Å². The van der Waals surface area contributed by atoms with Crippen molar-refractivity contribution in [1.29, 1.82) is 0 Å². The number of aryl methyl sites for hydroxylation is 2. The van der Waals surface area contributed by atoms with E-state index in [9.17, 15) is 9.90 Å². The maximum Gasteiger partial charge on any atom is 0.274 e. The van der Waals surface area contributed by atoms with Crippen LogP contribution < -0.4 is 28.0 Å². The highest BCUT2D eigenvalue weighted by Gasteiger charge is 2.19. The van der Waals surface area contributed by atoms with Crippen LogP contribution in [0.15, 0.2) is 83.7 Å². The molecule has 6 nitrogen and oxygen atoms in total. The van der Waals surface area contributed by atoms with E-state index < -0.39 is 6.10 Å². The minimum absolute atomic E-state index is 0. The summed E-state index contributed by atoms with van der Waals surface area (Å²) in [7, 11) is 0. The highest BCUT2D eigenvalue weighted by Crippen LogP contribution is 2.20. The number of ether oxygens (including phenoxy) is 1. The van der Waals surface area contributed by atoms with Crippen LogP contribution in [0.3, 0.4) is 0 Å². The fourth-order valence-corrected chi connectivity index (χ4v) is 4.11. The molecule has 0 radical (unpaired) electrons. The zero-order valence-electron chi connectivity index (χ0n) is 20.1. The van der Waals surface area contributed by atoms with Gasteiger partial charge in [-0.3, -0.25) is 4.79 Å². The smallest absolute Gasteiger partial charge is 0.274 e. The van der Waals surface area contributed by atoms with Crippen LogP contribution in [0.2, 0.25) is 0 Å². The lowest BCUT2D eigenvalue weighted by atomic mass is 10.0. The topological polar surface area (TPSA) is 81.0 Å². The summed E-state index contributed by atoms with van der Waals surface area (Å²) in [5.41, 5.74) is 2.79. The van der Waals surface area contributed by atoms with Crippen molar-refractivity contribution in [2.45, 2.75) is 45.6 Å². The van der Waals surface area contributed by atoms with Gasteiger partial charge in [-0.2, -0.15) is 5.10 Å². The Morgan fingerprint density at radius 3 is 2.34 bits per heavy atom. The Hall–Kier alpha value is -3.19. The largest absolute Gasteiger partial charge is 1.00 e. The first kappa shape index (κ1) is 26.4. The number of hydrogen-bond acceptors (Lipinski definition) is 4. The maximum absolute atomic E-state index is 12.7. The van der Waals surface area contributed by atoms with Crippen molar-refractivity contribution >= 4 is 10.8 Å². The Morgan fingerprint density at radius 2 is 1.63 bits per heavy atom. The number of nitrogens with two attached hydrogens (primary N) is 1. The van der Waals surface area contributed by atoms with E-state index in [1.165, 1.54) is 0 Å². The third-order valence-electron chi connectivity index (χ3n) is 6.13. The summed E-state index contributed by atoms with van der Waals surface area (Å²) in [6.07, 6.45) is 0.195. The van der Waals surface area contributed by atoms with Gasteiger partial charge >= 0.3 is 0 Å². The number of hydrogen-bond donors (Lipinski definition) is 2. The number of aromatic nitrogens is 2. The standard InChI is InChI=1S/C28H31N3O3.ClH/c1-20-25-11-6-7-12-26(25)28(33)31(30-20)18-8-17-29-21(2)27(32)23-13-15-24(16-14-23)34-19-22-9-4-3-5-10-22;/h3-7,9-16,21,27,29,32H,8,17-19H2,1-2H3;1H. The number of fused-ring (bicyclic) bond motifs is 1. The minimum atomic E-state index is -0.591. The first-order valence-corrected chi connectivity index (χ1v) is 11.8. The number of aliphatic hydroxyl groups is 1. The van der Waals surface area contributed by atoms with Gasteiger partial charge in [0.2, 0.25) is 0 Å². The van der Waals surface area contributed by atoms with Crippen molar-refractivity contribution in [3.8, 4) is 5.75 Å². The van der Waals surface area contributed by atoms with Crippen LogP contribution in [0, 0.1) is 6.92 Å². The first-order valence-electron chi connectivity index (χ1n) is 11.8. The molecule has 35 heavy (non-hydrogen) atoms. The van der Waals surface area contributed by atoms with Crippen molar-refractivity contribution < 1.29 is 27.6 Å². The lowest BCUT2D eigenvalue weighted by molar-refractivity contribution is -0.694. The van der Waals surface area contributed by atoms with Gasteiger partial charge in [0.1, 0.15) is 24.5 Å². The molecule has 1 heterocycles. The second-order valence-corrected chi connectivity index (χ2v) is 8.68. The van der Waals surface area contributed by atoms with Crippen LogP contribution in [0.1, 0.15) is 36.3 Å². The summed E-state index contributed by atoms with van der Waals surface area (Å²) in [4.78, 5) is 12.7. The second-order valence-electron chi connectivity index (χ2n) is 8.68. The van der Waals surface area contributed by atoms with Gasteiger partial charge in [0.15, 0.2) is 0 Å². The Kier molecular flexibility index (Phi) is 9.43. The average Bonchev–Trinajstić information content (AvgIpc) is 2.88. The van der Waals surface area contributed by atoms with Gasteiger partial charge in [0, 0.05) is 11.8 Å². The van der Waals surface area contributed by atoms with Gasteiger partial charge in [-0.05, 0) is 43.2 Å². The Bertz CT molecular complexity index is 1280. The van der Waals surface area contributed by atoms with Crippen LogP contribution in [0.5, 0.6) is 5.75 Å². The van der Waals surface area contributed by atoms with E-state index in [2.05, 4.69) is 10.4 Å². The number of halogens is 1. The van der Waals surface area contributed by atoms with Crippen molar-refractivity contribution in [2.75, 3.05) is 6.54 Å². The van der Waals surface area contributed by atoms with Crippen LogP contribution >= 0.6 is 0 Å². The quantitative estimate of drug-likeness (QED) is 0.313. The predicted molar refractivity (Wildman–Crippen MR) is 134 cm³/mol. The fourth-order valence-electron chi connectivity index (χ4n) is 4.11. The molecule has 0 aliphatic rings. The molecule has 4 aromatic rings. The van der Waals surface area contributed by atoms with Gasteiger partial charge in [-0.25, -0.2) is 4.68 Å². The van der Waals surface area contributed by atoms with Crippen LogP contribution in [0.25, 0.3) is 10.8 Å². The molecule has 0 aliphatic heterocycles. The van der Waals surface area contributed by atoms with E-state index in [4.69, 9.17) is 4.74 Å². The fraction of sp³-hybridized carbons (Fsp3) is 0.286. The Morgan fingerprint density at radius 1 is 0.971 bits per heavy atom. The van der Waals surface area contributed by atoms with E-state index in [1.807, 2.05) is 92.7 Å². The zero-order chi connectivity index (χ0) is 23.9. The third kappa shape index (κ3) is 6.69. The molecule has 0 fully saturated rings. The Labute approximate surface area is 212 Å². The normalized spacial score (nSPS) is 12.7. The first-order chi connectivity index (χ1) is 16.5. The monoisotopic (exact) mass is 493 g/mol. The van der Waals surface area contributed by atoms with Gasteiger partial charge in [-0.1, -0.05) is 60.7 Å². The molecular weight excluding hydrogens is 462 g/mol. The van der Waals surface area contributed by atoms with Crippen LogP contribution in [-0.4, -0.2) is 27.5 Å². The van der Waals surface area contributed by atoms with Crippen molar-refractivity contribution in [3.05, 3.63) is 106 Å². The number of benzene rings is 3. The molecule has 184 valence electrons. The zero-order valence-corrected chi connectivity index (χ0v) is 20.9. The number of quaternary nitrogens is 1. The summed E-state index contributed by atoms with van der Waals surface area (Å²) in [5.74, 6) is 0.778. The molecule has 0 bridgehead atoms. The lowest BCUT2D eigenvalue weighted by Crippen LogP contribution is -3.00. The molecule has 1 aromatic heterocycles. The molecule has 0 aliphatic carbocycles. The highest BCUT2D eigenvalue weighted by atomic mass is 35.5. The van der Waals surface area contributed by atoms with E-state index in [1.54, 1.807) is 4.68 Å². The molecule has 2 unspecified atom stereocenters. The predicted octanol–water partition coefficient (Wildman–Crippen LogP) is 0.364. The molecule has 3 aromatic carbocycles. The van der Waals surface area contributed by atoms with Crippen LogP contribution in [0.4, 0.5) is 0 Å². The number of rotatable bonds is 10. The number of nitrogens with zero attached hydrogens (tertiary/aromatic N) is 2. The molecule has 0 saturated heterocycles. The average molecular weight is 494 g/mol. The molecule has 0 amide bonds. The summed E-state index contributed by atoms with van der Waals surface area (Å²) < 4.78 is 7.39. The highest BCUT2D eigenvalue weighted by molar-refractivity contribution is 5.83. The maximum atomic E-state index is 12.7. The summed E-state index contributed by atoms with van der Waals surface area (Å²) in [6.45, 7) is 5.80. The SMILES string of the molecule is Cc1nn(CCC[NH2+]C(C)C(O)c2ccc(OCc3ccccc3)cc2)c(=O)c2ccccc12.[Cl-]. The molecule has 3 N–H and O–H groups in total. The van der Waals surface area contributed by atoms with E-state index in [0.717, 1.165) is 40.9 Å². The molecule has 0 saturated carbocycles. The second kappa shape index (κ2) is 12.5. The molecule has 7 heteroatoms. The van der Waals surface area contributed by atoms with Crippen LogP contribution in [-0.2, 0) is 13.2 Å². The molecule has 4 rings (SSSR count). The van der Waals surface area contributed by atoms with Gasteiger partial charge in [0.25, 0.3) is 5.56 Å². The summed E-state index contributed by atoms with van der Waals surface area (Å²) >= 11 is 0. The lowest BCUT2D eigenvalue weighted by Gasteiger charge is -2.18. The van der Waals surface area contributed by atoms with Gasteiger partial charge < -0.3 is 27.6 Å². The van der Waals surface area contributed by atoms with E-state index >= 15 is 0 Å². The van der Waals surface area contributed by atoms with Crippen molar-refractivity contribution in [3.63, 3.8) is 0 Å². The van der Waals surface area contributed by atoms with Crippen molar-refractivity contribution in [2.24, 2.45) is 0 Å². The molecular formula is C28H32ClN3O3. The third-order valence-corrected chi connectivity index (χ3v) is 6.13. The van der Waals surface area contributed by atoms with Gasteiger partial charge in [0.05, 0.1) is 24.2 Å². The number of aliphatic hydroxyl groups excluding tert-OH is 1. The van der Waals surface area contributed by atoms with Gasteiger partial charge in [-0.15, -0.1) is 0 Å². The summed E-state index contributed by atoms with van der Waals surface area (Å²) in [6, 6.07) is 25.2. The molecule has 0 spiro atoms.